The third-order valence-corrected chi connectivity index (χ3v) is 4.88. The number of rotatable bonds is 6. The number of urea groups is 1. The summed E-state index contributed by atoms with van der Waals surface area (Å²) in [6.07, 6.45) is 2.19. The van der Waals surface area contributed by atoms with Gasteiger partial charge in [-0.25, -0.2) is 4.79 Å². The summed E-state index contributed by atoms with van der Waals surface area (Å²) in [7, 11) is 1.55. The maximum atomic E-state index is 12.7. The predicted molar refractivity (Wildman–Crippen MR) is 108 cm³/mol. The Labute approximate surface area is 166 Å². The molecule has 148 valence electrons. The summed E-state index contributed by atoms with van der Waals surface area (Å²) in [6.45, 7) is -0.346. The topological polar surface area (TPSA) is 104 Å². The lowest BCUT2D eigenvalue weighted by Crippen LogP contribution is -2.38. The number of fused-ring (bicyclic) bond motifs is 1. The van der Waals surface area contributed by atoms with E-state index in [0.29, 0.717) is 17.9 Å². The summed E-state index contributed by atoms with van der Waals surface area (Å²) < 4.78 is 5.07. The van der Waals surface area contributed by atoms with Crippen LogP contribution in [0.4, 0.5) is 10.5 Å². The van der Waals surface area contributed by atoms with Crippen LogP contribution in [-0.4, -0.2) is 47.4 Å². The van der Waals surface area contributed by atoms with Crippen molar-refractivity contribution < 1.29 is 19.1 Å². The Morgan fingerprint density at radius 1 is 1.14 bits per heavy atom. The first kappa shape index (κ1) is 18.5. The molecule has 1 saturated heterocycles. The zero-order valence-electron chi connectivity index (χ0n) is 15.8. The van der Waals surface area contributed by atoms with Gasteiger partial charge in [0, 0.05) is 29.2 Å². The molecule has 8 nitrogen and oxygen atoms in total. The second-order valence-electron chi connectivity index (χ2n) is 6.77. The van der Waals surface area contributed by atoms with Crippen LogP contribution in [0.25, 0.3) is 10.9 Å². The van der Waals surface area contributed by atoms with Crippen LogP contribution in [0.15, 0.2) is 54.7 Å². The second-order valence-corrected chi connectivity index (χ2v) is 6.77. The van der Waals surface area contributed by atoms with Gasteiger partial charge >= 0.3 is 6.03 Å². The minimum absolute atomic E-state index is 0.346. The van der Waals surface area contributed by atoms with E-state index in [9.17, 15) is 14.4 Å². The number of H-pyrrole nitrogens is 1. The molecule has 29 heavy (non-hydrogen) atoms. The molecule has 1 aromatic heterocycles. The number of anilines is 1. The van der Waals surface area contributed by atoms with Crippen LogP contribution in [0.5, 0.6) is 5.75 Å². The van der Waals surface area contributed by atoms with E-state index in [2.05, 4.69) is 15.6 Å². The minimum atomic E-state index is -0.699. The highest BCUT2D eigenvalue weighted by atomic mass is 16.5. The molecule has 0 bridgehead atoms. The number of aromatic nitrogens is 1. The largest absolute Gasteiger partial charge is 0.497 e. The number of ether oxygens (including phenoxy) is 1. The van der Waals surface area contributed by atoms with Gasteiger partial charge < -0.3 is 20.4 Å². The predicted octanol–water partition coefficient (Wildman–Crippen LogP) is 2.28. The summed E-state index contributed by atoms with van der Waals surface area (Å²) in [5.74, 6) is -0.200. The number of imide groups is 1. The molecule has 1 fully saturated rings. The molecule has 2 heterocycles. The third kappa shape index (κ3) is 3.77. The van der Waals surface area contributed by atoms with Crippen LogP contribution in [-0.2, 0) is 16.0 Å². The maximum Gasteiger partial charge on any atom is 0.325 e. The number of nitrogens with zero attached hydrogens (tertiary/aromatic N) is 1. The lowest BCUT2D eigenvalue weighted by molar-refractivity contribution is -0.130. The van der Waals surface area contributed by atoms with Crippen molar-refractivity contribution in [2.45, 2.75) is 12.5 Å². The molecule has 1 unspecified atom stereocenters. The average molecular weight is 392 g/mol. The van der Waals surface area contributed by atoms with Gasteiger partial charge in [-0.15, -0.1) is 0 Å². The molecule has 0 saturated carbocycles. The Hall–Kier alpha value is -3.81. The smallest absolute Gasteiger partial charge is 0.325 e. The molecular formula is C21H20N4O4. The molecule has 0 spiro atoms. The second kappa shape index (κ2) is 7.67. The molecule has 3 aromatic rings. The lowest BCUT2D eigenvalue weighted by Gasteiger charge is -2.13. The number of hydrogen-bond acceptors (Lipinski definition) is 4. The van der Waals surface area contributed by atoms with Crippen molar-refractivity contribution in [3.8, 4) is 5.75 Å². The number of methoxy groups -OCH3 is 1. The molecule has 4 amide bonds. The Bertz CT molecular complexity index is 1070. The van der Waals surface area contributed by atoms with Crippen molar-refractivity contribution in [2.24, 2.45) is 0 Å². The van der Waals surface area contributed by atoms with Crippen LogP contribution in [0.2, 0.25) is 0 Å². The fourth-order valence-electron chi connectivity index (χ4n) is 3.40. The van der Waals surface area contributed by atoms with Crippen molar-refractivity contribution in [1.82, 2.24) is 15.2 Å². The van der Waals surface area contributed by atoms with E-state index in [1.807, 2.05) is 30.5 Å². The van der Waals surface area contributed by atoms with Crippen molar-refractivity contribution in [2.75, 3.05) is 19.0 Å². The van der Waals surface area contributed by atoms with Crippen molar-refractivity contribution in [3.05, 3.63) is 60.3 Å². The third-order valence-electron chi connectivity index (χ3n) is 4.88. The summed E-state index contributed by atoms with van der Waals surface area (Å²) in [6, 6.07) is 13.3. The Morgan fingerprint density at radius 3 is 2.66 bits per heavy atom. The van der Waals surface area contributed by atoms with Crippen LogP contribution in [0.1, 0.15) is 5.56 Å². The highest BCUT2D eigenvalue weighted by molar-refractivity contribution is 6.08. The number of benzene rings is 2. The average Bonchev–Trinajstić information content (AvgIpc) is 3.25. The van der Waals surface area contributed by atoms with Gasteiger partial charge in [0.1, 0.15) is 18.3 Å². The van der Waals surface area contributed by atoms with Crippen LogP contribution in [0.3, 0.4) is 0 Å². The van der Waals surface area contributed by atoms with Crippen molar-refractivity contribution in [3.63, 3.8) is 0 Å². The first-order valence-electron chi connectivity index (χ1n) is 9.16. The number of aromatic amines is 1. The van der Waals surface area contributed by atoms with Gasteiger partial charge in [-0.05, 0) is 35.9 Å². The highest BCUT2D eigenvalue weighted by Gasteiger charge is 2.39. The molecule has 3 N–H and O–H groups in total. The first-order chi connectivity index (χ1) is 14.0. The fourth-order valence-corrected chi connectivity index (χ4v) is 3.40. The maximum absolute atomic E-state index is 12.7. The molecule has 2 aromatic carbocycles. The molecule has 4 rings (SSSR count). The van der Waals surface area contributed by atoms with Gasteiger partial charge in [0.05, 0.1) is 7.11 Å². The Kier molecular flexibility index (Phi) is 4.90. The highest BCUT2D eigenvalue weighted by Crippen LogP contribution is 2.21. The van der Waals surface area contributed by atoms with Gasteiger partial charge in [-0.3, -0.25) is 14.5 Å². The summed E-state index contributed by atoms with van der Waals surface area (Å²) >= 11 is 0. The van der Waals surface area contributed by atoms with Gasteiger partial charge in [0.2, 0.25) is 5.91 Å². The molecule has 1 atom stereocenters. The van der Waals surface area contributed by atoms with E-state index >= 15 is 0 Å². The van der Waals surface area contributed by atoms with E-state index in [1.165, 1.54) is 0 Å². The van der Waals surface area contributed by atoms with Gasteiger partial charge in [-0.2, -0.15) is 0 Å². The monoisotopic (exact) mass is 392 g/mol. The van der Waals surface area contributed by atoms with E-state index in [4.69, 9.17) is 4.74 Å². The molecular weight excluding hydrogens is 372 g/mol. The van der Waals surface area contributed by atoms with Crippen LogP contribution >= 0.6 is 0 Å². The molecule has 0 radical (unpaired) electrons. The number of nitrogens with one attached hydrogen (secondary N) is 3. The number of hydrogen-bond donors (Lipinski definition) is 3. The van der Waals surface area contributed by atoms with E-state index in [-0.39, 0.29) is 6.54 Å². The number of amides is 4. The Morgan fingerprint density at radius 2 is 1.90 bits per heavy atom. The van der Waals surface area contributed by atoms with E-state index < -0.39 is 23.9 Å². The molecule has 0 aliphatic carbocycles. The zero-order valence-corrected chi connectivity index (χ0v) is 15.8. The van der Waals surface area contributed by atoms with E-state index in [1.54, 1.807) is 31.4 Å². The number of para-hydroxylation sites is 1. The fraction of sp³-hybridized carbons (Fsp3) is 0.190. The standard InChI is InChI=1S/C21H20N4O4/c1-29-15-8-6-14(7-9-15)23-19(26)12-25-20(27)18(24-21(25)28)10-13-11-22-17-5-3-2-4-16(13)17/h2-9,11,18,22H,10,12H2,1H3,(H,23,26)(H,24,28). The summed E-state index contributed by atoms with van der Waals surface area (Å²) in [5, 5.41) is 6.35. The van der Waals surface area contributed by atoms with Crippen molar-refractivity contribution >= 4 is 34.4 Å². The summed E-state index contributed by atoms with van der Waals surface area (Å²) in [5.41, 5.74) is 2.46. The molecule has 1 aliphatic heterocycles. The normalized spacial score (nSPS) is 16.2. The number of carbonyl (C=O) groups is 3. The van der Waals surface area contributed by atoms with Gasteiger partial charge in [0.15, 0.2) is 0 Å². The summed E-state index contributed by atoms with van der Waals surface area (Å²) in [4.78, 5) is 41.3. The van der Waals surface area contributed by atoms with E-state index in [0.717, 1.165) is 21.4 Å². The van der Waals surface area contributed by atoms with Gasteiger partial charge in [0.25, 0.3) is 5.91 Å². The first-order valence-corrected chi connectivity index (χ1v) is 9.16. The van der Waals surface area contributed by atoms with Crippen LogP contribution in [0, 0.1) is 0 Å². The quantitative estimate of drug-likeness (QED) is 0.560. The lowest BCUT2D eigenvalue weighted by atomic mass is 10.1. The Balaban J connectivity index is 1.40. The SMILES string of the molecule is COc1ccc(NC(=O)CN2C(=O)NC(Cc3c[nH]c4ccccc34)C2=O)cc1. The number of carbonyl (C=O) groups excluding carboxylic acids is 3. The van der Waals surface area contributed by atoms with Crippen molar-refractivity contribution in [1.29, 1.82) is 0 Å². The minimum Gasteiger partial charge on any atom is -0.497 e. The van der Waals surface area contributed by atoms with Crippen LogP contribution < -0.4 is 15.4 Å². The van der Waals surface area contributed by atoms with Gasteiger partial charge in [-0.1, -0.05) is 18.2 Å². The zero-order chi connectivity index (χ0) is 20.4. The molecule has 1 aliphatic rings. The molecule has 8 heteroatoms.